The average Bonchev–Trinajstić information content (AvgIpc) is 2.83. The Balaban J connectivity index is 2.12. The number of carbonyl (C=O) groups excluding carboxylic acids is 1. The number of hydrogen-bond acceptors (Lipinski definition) is 3. The molecule has 0 radical (unpaired) electrons. The molecule has 1 heterocycles. The van der Waals surface area contributed by atoms with E-state index in [9.17, 15) is 9.59 Å². The van der Waals surface area contributed by atoms with Crippen LogP contribution in [0.25, 0.3) is 11.0 Å². The van der Waals surface area contributed by atoms with E-state index in [4.69, 9.17) is 5.73 Å². The summed E-state index contributed by atoms with van der Waals surface area (Å²) < 4.78 is 0. The molecule has 2 aromatic rings. The van der Waals surface area contributed by atoms with Crippen molar-refractivity contribution < 1.29 is 4.79 Å². The fraction of sp³-hybridized carbons (Fsp3) is 0.467. The predicted octanol–water partition coefficient (Wildman–Crippen LogP) is 1.41. The minimum Gasteiger partial charge on any atom is -0.349 e. The molecule has 0 aliphatic carbocycles. The predicted molar refractivity (Wildman–Crippen MR) is 82.9 cm³/mol. The van der Waals surface area contributed by atoms with Crippen LogP contribution in [0.15, 0.2) is 23.0 Å². The van der Waals surface area contributed by atoms with Gasteiger partial charge in [0.25, 0.3) is 0 Å². The van der Waals surface area contributed by atoms with Crippen molar-refractivity contribution >= 4 is 16.9 Å². The fourth-order valence-electron chi connectivity index (χ4n) is 2.44. The van der Waals surface area contributed by atoms with Crippen molar-refractivity contribution in [3.8, 4) is 0 Å². The highest BCUT2D eigenvalue weighted by atomic mass is 16.2. The number of nitrogens with one attached hydrogen (secondary N) is 3. The Morgan fingerprint density at radius 2 is 2.05 bits per heavy atom. The second kappa shape index (κ2) is 6.58. The first-order valence-electron chi connectivity index (χ1n) is 7.27. The van der Waals surface area contributed by atoms with Gasteiger partial charge in [0, 0.05) is 6.54 Å². The van der Waals surface area contributed by atoms with Crippen molar-refractivity contribution in [1.29, 1.82) is 0 Å². The maximum absolute atomic E-state index is 12.2. The highest BCUT2D eigenvalue weighted by molar-refractivity contribution is 5.80. The Bertz CT molecular complexity index is 674. The van der Waals surface area contributed by atoms with Gasteiger partial charge < -0.3 is 21.0 Å². The number of rotatable bonds is 6. The van der Waals surface area contributed by atoms with Crippen molar-refractivity contribution in [2.75, 3.05) is 6.54 Å². The lowest BCUT2D eigenvalue weighted by Crippen LogP contribution is -2.36. The van der Waals surface area contributed by atoms with E-state index in [0.717, 1.165) is 29.4 Å². The normalized spacial score (nSPS) is 14.0. The van der Waals surface area contributed by atoms with Crippen LogP contribution in [-0.2, 0) is 4.79 Å². The molecular weight excluding hydrogens is 268 g/mol. The molecule has 114 valence electrons. The maximum atomic E-state index is 12.2. The minimum absolute atomic E-state index is 0.0190. The van der Waals surface area contributed by atoms with Crippen LogP contribution >= 0.6 is 0 Å². The first-order valence-corrected chi connectivity index (χ1v) is 7.27. The van der Waals surface area contributed by atoms with Crippen LogP contribution in [0.2, 0.25) is 0 Å². The standard InChI is InChI=1S/C15H22N4O2/c1-3-4-11(8-16)14(20)17-9(2)10-5-6-12-13(7-10)19-15(21)18-12/h5-7,9,11H,3-4,8,16H2,1-2H3,(H,17,20)(H2,18,19,21). The molecule has 6 heteroatoms. The van der Waals surface area contributed by atoms with Crippen molar-refractivity contribution in [3.05, 3.63) is 34.2 Å². The molecule has 0 saturated heterocycles. The molecule has 6 nitrogen and oxygen atoms in total. The van der Waals surface area contributed by atoms with E-state index in [1.165, 1.54) is 0 Å². The van der Waals surface area contributed by atoms with E-state index < -0.39 is 0 Å². The topological polar surface area (TPSA) is 104 Å². The molecule has 1 amide bonds. The van der Waals surface area contributed by atoms with Gasteiger partial charge in [-0.25, -0.2) is 4.79 Å². The molecule has 0 fully saturated rings. The second-order valence-corrected chi connectivity index (χ2v) is 5.34. The molecule has 2 unspecified atom stereocenters. The Hall–Kier alpha value is -2.08. The second-order valence-electron chi connectivity index (χ2n) is 5.34. The van der Waals surface area contributed by atoms with E-state index >= 15 is 0 Å². The number of hydrogen-bond donors (Lipinski definition) is 4. The summed E-state index contributed by atoms with van der Waals surface area (Å²) in [6.07, 6.45) is 1.72. The number of H-pyrrole nitrogens is 2. The zero-order chi connectivity index (χ0) is 15.4. The molecule has 0 aliphatic rings. The van der Waals surface area contributed by atoms with Gasteiger partial charge in [-0.2, -0.15) is 0 Å². The molecule has 2 rings (SSSR count). The number of fused-ring (bicyclic) bond motifs is 1. The Kier molecular flexibility index (Phi) is 4.80. The van der Waals surface area contributed by atoms with Gasteiger partial charge in [0.15, 0.2) is 0 Å². The molecule has 0 aliphatic heterocycles. The fourth-order valence-corrected chi connectivity index (χ4v) is 2.44. The summed E-state index contributed by atoms with van der Waals surface area (Å²) in [5.41, 5.74) is 7.85. The Morgan fingerprint density at radius 3 is 2.71 bits per heavy atom. The van der Waals surface area contributed by atoms with E-state index in [1.54, 1.807) is 0 Å². The lowest BCUT2D eigenvalue weighted by atomic mass is 10.0. The van der Waals surface area contributed by atoms with Gasteiger partial charge >= 0.3 is 5.69 Å². The molecule has 1 aromatic carbocycles. The monoisotopic (exact) mass is 290 g/mol. The molecule has 0 spiro atoms. The van der Waals surface area contributed by atoms with E-state index in [1.807, 2.05) is 32.0 Å². The number of nitrogens with two attached hydrogens (primary N) is 1. The van der Waals surface area contributed by atoms with Crippen LogP contribution in [0.5, 0.6) is 0 Å². The van der Waals surface area contributed by atoms with Crippen LogP contribution < -0.4 is 16.7 Å². The van der Waals surface area contributed by atoms with Crippen LogP contribution in [0.3, 0.4) is 0 Å². The summed E-state index contributed by atoms with van der Waals surface area (Å²) >= 11 is 0. The van der Waals surface area contributed by atoms with Gasteiger partial charge in [0.2, 0.25) is 5.91 Å². The van der Waals surface area contributed by atoms with Gasteiger partial charge in [-0.3, -0.25) is 4.79 Å². The number of aromatic amines is 2. The summed E-state index contributed by atoms with van der Waals surface area (Å²) in [5.74, 6) is -0.164. The lowest BCUT2D eigenvalue weighted by Gasteiger charge is -2.19. The van der Waals surface area contributed by atoms with E-state index in [0.29, 0.717) is 6.54 Å². The van der Waals surface area contributed by atoms with E-state index in [2.05, 4.69) is 15.3 Å². The number of imidazole rings is 1. The van der Waals surface area contributed by atoms with Crippen molar-refractivity contribution in [1.82, 2.24) is 15.3 Å². The summed E-state index contributed by atoms with van der Waals surface area (Å²) in [5, 5.41) is 2.98. The van der Waals surface area contributed by atoms with Crippen LogP contribution in [-0.4, -0.2) is 22.4 Å². The summed E-state index contributed by atoms with van der Waals surface area (Å²) in [6.45, 7) is 4.31. The Labute approximate surface area is 123 Å². The van der Waals surface area contributed by atoms with Gasteiger partial charge in [-0.1, -0.05) is 19.4 Å². The van der Waals surface area contributed by atoms with Crippen LogP contribution in [0.1, 0.15) is 38.3 Å². The average molecular weight is 290 g/mol. The van der Waals surface area contributed by atoms with Crippen molar-refractivity contribution in [2.24, 2.45) is 11.7 Å². The SMILES string of the molecule is CCCC(CN)C(=O)NC(C)c1ccc2[nH]c(=O)[nH]c2c1. The van der Waals surface area contributed by atoms with Crippen molar-refractivity contribution in [2.45, 2.75) is 32.7 Å². The third-order valence-corrected chi connectivity index (χ3v) is 3.69. The molecule has 0 saturated carbocycles. The summed E-state index contributed by atoms with van der Waals surface area (Å²) in [7, 11) is 0. The number of benzene rings is 1. The van der Waals surface area contributed by atoms with Crippen LogP contribution in [0, 0.1) is 5.92 Å². The Morgan fingerprint density at radius 1 is 1.33 bits per heavy atom. The van der Waals surface area contributed by atoms with Gasteiger partial charge in [-0.05, 0) is 31.0 Å². The summed E-state index contributed by atoms with van der Waals surface area (Å²) in [6, 6.07) is 5.47. The van der Waals surface area contributed by atoms with Crippen molar-refractivity contribution in [3.63, 3.8) is 0 Å². The zero-order valence-electron chi connectivity index (χ0n) is 12.4. The number of amides is 1. The molecule has 21 heavy (non-hydrogen) atoms. The quantitative estimate of drug-likeness (QED) is 0.646. The molecular formula is C15H22N4O2. The molecule has 5 N–H and O–H groups in total. The first-order chi connectivity index (χ1) is 10.0. The largest absolute Gasteiger partial charge is 0.349 e. The molecule has 1 aromatic heterocycles. The third-order valence-electron chi connectivity index (χ3n) is 3.69. The molecule has 2 atom stereocenters. The first kappa shape index (κ1) is 15.3. The highest BCUT2D eigenvalue weighted by Gasteiger charge is 2.18. The van der Waals surface area contributed by atoms with E-state index in [-0.39, 0.29) is 23.6 Å². The number of aromatic nitrogens is 2. The molecule has 0 bridgehead atoms. The smallest absolute Gasteiger partial charge is 0.323 e. The lowest BCUT2D eigenvalue weighted by molar-refractivity contribution is -0.125. The highest BCUT2D eigenvalue weighted by Crippen LogP contribution is 2.18. The number of carbonyl (C=O) groups is 1. The minimum atomic E-state index is -0.231. The third kappa shape index (κ3) is 3.52. The van der Waals surface area contributed by atoms with Gasteiger partial charge in [-0.15, -0.1) is 0 Å². The van der Waals surface area contributed by atoms with Crippen LogP contribution in [0.4, 0.5) is 0 Å². The summed E-state index contributed by atoms with van der Waals surface area (Å²) in [4.78, 5) is 28.8. The van der Waals surface area contributed by atoms with Gasteiger partial charge in [0.05, 0.1) is 23.0 Å². The zero-order valence-corrected chi connectivity index (χ0v) is 12.4. The maximum Gasteiger partial charge on any atom is 0.323 e. The van der Waals surface area contributed by atoms with Gasteiger partial charge in [0.1, 0.15) is 0 Å².